The van der Waals surface area contributed by atoms with Crippen molar-refractivity contribution >= 4 is 15.7 Å². The van der Waals surface area contributed by atoms with E-state index < -0.39 is 9.84 Å². The van der Waals surface area contributed by atoms with Crippen molar-refractivity contribution in [2.24, 2.45) is 0 Å². The lowest BCUT2D eigenvalue weighted by Gasteiger charge is -2.31. The number of carbonyl (C=O) groups excluding carboxylic acids is 1. The van der Waals surface area contributed by atoms with Gasteiger partial charge in [0.15, 0.2) is 9.84 Å². The highest BCUT2D eigenvalue weighted by molar-refractivity contribution is 7.91. The molecule has 0 spiro atoms. The predicted molar refractivity (Wildman–Crippen MR) is 105 cm³/mol. The van der Waals surface area contributed by atoms with E-state index in [9.17, 15) is 13.2 Å². The third-order valence-corrected chi connectivity index (χ3v) is 6.92. The number of rotatable bonds is 9. The predicted octanol–water partition coefficient (Wildman–Crippen LogP) is 2.93. The van der Waals surface area contributed by atoms with Crippen molar-refractivity contribution in [1.82, 2.24) is 10.2 Å². The number of sulfone groups is 1. The van der Waals surface area contributed by atoms with Crippen molar-refractivity contribution in [1.29, 1.82) is 0 Å². The molecule has 1 N–H and O–H groups in total. The average molecular weight is 381 g/mol. The van der Waals surface area contributed by atoms with Crippen molar-refractivity contribution in [2.75, 3.05) is 25.9 Å². The van der Waals surface area contributed by atoms with Crippen LogP contribution >= 0.6 is 0 Å². The Morgan fingerprint density at radius 2 is 1.81 bits per heavy atom. The molecule has 0 bridgehead atoms. The molecule has 5 nitrogen and oxygen atoms in total. The number of hydrogen-bond donors (Lipinski definition) is 1. The minimum Gasteiger partial charge on any atom is -0.356 e. The molecule has 26 heavy (non-hydrogen) atoms. The van der Waals surface area contributed by atoms with E-state index >= 15 is 0 Å². The van der Waals surface area contributed by atoms with Crippen LogP contribution in [0.3, 0.4) is 0 Å². The van der Waals surface area contributed by atoms with Crippen molar-refractivity contribution < 1.29 is 13.2 Å². The van der Waals surface area contributed by atoms with Crippen LogP contribution in [0.1, 0.15) is 50.5 Å². The summed E-state index contributed by atoms with van der Waals surface area (Å²) in [5.41, 5.74) is 1.01. The van der Waals surface area contributed by atoms with Crippen LogP contribution in [-0.4, -0.2) is 51.2 Å². The number of carbonyl (C=O) groups is 1. The van der Waals surface area contributed by atoms with Gasteiger partial charge in [-0.3, -0.25) is 4.79 Å². The van der Waals surface area contributed by atoms with E-state index in [0.717, 1.165) is 18.5 Å². The fourth-order valence-electron chi connectivity index (χ4n) is 3.44. The Labute approximate surface area is 158 Å². The van der Waals surface area contributed by atoms with Gasteiger partial charge in [0.25, 0.3) is 0 Å². The summed E-state index contributed by atoms with van der Waals surface area (Å²) in [4.78, 5) is 14.6. The second kappa shape index (κ2) is 10.1. The van der Waals surface area contributed by atoms with Crippen molar-refractivity contribution in [2.45, 2.75) is 62.8 Å². The van der Waals surface area contributed by atoms with E-state index in [-0.39, 0.29) is 23.0 Å². The number of nitrogens with zero attached hydrogens (tertiary/aromatic N) is 1. The largest absolute Gasteiger partial charge is 0.356 e. The van der Waals surface area contributed by atoms with Gasteiger partial charge in [-0.05, 0) is 51.9 Å². The van der Waals surface area contributed by atoms with E-state index in [2.05, 4.69) is 17.3 Å². The molecular formula is C20H32N2O3S. The zero-order chi connectivity index (χ0) is 19.0. The first-order valence-electron chi connectivity index (χ1n) is 9.65. The van der Waals surface area contributed by atoms with Gasteiger partial charge < -0.3 is 10.2 Å². The van der Waals surface area contributed by atoms with Gasteiger partial charge >= 0.3 is 0 Å². The second-order valence-corrected chi connectivity index (χ2v) is 9.47. The van der Waals surface area contributed by atoms with Gasteiger partial charge in [-0.2, -0.15) is 0 Å². The topological polar surface area (TPSA) is 66.5 Å². The van der Waals surface area contributed by atoms with Gasteiger partial charge in [0, 0.05) is 19.0 Å². The molecule has 0 aromatic heterocycles. The van der Waals surface area contributed by atoms with Crippen LogP contribution in [0.15, 0.2) is 29.2 Å². The highest BCUT2D eigenvalue weighted by Gasteiger charge is 2.18. The summed E-state index contributed by atoms with van der Waals surface area (Å²) in [6.45, 7) is 3.47. The molecule has 0 unspecified atom stereocenters. The molecule has 1 aliphatic carbocycles. The van der Waals surface area contributed by atoms with Gasteiger partial charge in [0.2, 0.25) is 5.91 Å². The molecule has 6 heteroatoms. The van der Waals surface area contributed by atoms with Crippen LogP contribution in [0.25, 0.3) is 0 Å². The first-order chi connectivity index (χ1) is 12.4. The molecule has 1 fully saturated rings. The van der Waals surface area contributed by atoms with E-state index in [1.165, 1.54) is 32.1 Å². The molecular weight excluding hydrogens is 348 g/mol. The maximum Gasteiger partial charge on any atom is 0.221 e. The van der Waals surface area contributed by atoms with Crippen LogP contribution in [0.5, 0.6) is 0 Å². The molecule has 1 saturated carbocycles. The monoisotopic (exact) mass is 380 g/mol. The second-order valence-electron chi connectivity index (χ2n) is 7.36. The molecule has 146 valence electrons. The van der Waals surface area contributed by atoms with Gasteiger partial charge in [0.05, 0.1) is 10.6 Å². The molecule has 0 radical (unpaired) electrons. The fraction of sp³-hybridized carbons (Fsp3) is 0.650. The van der Waals surface area contributed by atoms with Gasteiger partial charge in [-0.1, -0.05) is 37.0 Å². The SMILES string of the molecule is Cc1ccc(S(=O)(=O)CCC(=O)NCCCN(C)C2CCCCC2)cc1. The van der Waals surface area contributed by atoms with Gasteiger partial charge in [-0.25, -0.2) is 8.42 Å². The molecule has 1 aromatic carbocycles. The minimum atomic E-state index is -3.40. The van der Waals surface area contributed by atoms with Crippen LogP contribution in [0, 0.1) is 6.92 Å². The Morgan fingerprint density at radius 3 is 2.46 bits per heavy atom. The Hall–Kier alpha value is -1.40. The molecule has 0 saturated heterocycles. The summed E-state index contributed by atoms with van der Waals surface area (Å²) in [6.07, 6.45) is 7.45. The van der Waals surface area contributed by atoms with E-state index in [1.54, 1.807) is 24.3 Å². The molecule has 1 amide bonds. The average Bonchev–Trinajstić information content (AvgIpc) is 2.64. The summed E-state index contributed by atoms with van der Waals surface area (Å²) in [5, 5.41) is 2.84. The van der Waals surface area contributed by atoms with Crippen molar-refractivity contribution in [3.63, 3.8) is 0 Å². The van der Waals surface area contributed by atoms with Crippen molar-refractivity contribution in [3.8, 4) is 0 Å². The smallest absolute Gasteiger partial charge is 0.221 e. The first kappa shape index (κ1) is 20.9. The molecule has 0 atom stereocenters. The summed E-state index contributed by atoms with van der Waals surface area (Å²) in [5.74, 6) is -0.342. The summed E-state index contributed by atoms with van der Waals surface area (Å²) < 4.78 is 24.5. The third-order valence-electron chi connectivity index (χ3n) is 5.19. The Bertz CT molecular complexity index is 665. The molecule has 1 aliphatic rings. The molecule has 1 aromatic rings. The standard InChI is InChI=1S/C20H32N2O3S/c1-17-9-11-19(12-10-17)26(24,25)16-13-20(23)21-14-6-15-22(2)18-7-4-3-5-8-18/h9-12,18H,3-8,13-16H2,1-2H3,(H,21,23). The van der Waals surface area contributed by atoms with Gasteiger partial charge in [-0.15, -0.1) is 0 Å². The Balaban J connectivity index is 1.64. The quantitative estimate of drug-likeness (QED) is 0.669. The van der Waals surface area contributed by atoms with Crippen LogP contribution in [-0.2, 0) is 14.6 Å². The maximum atomic E-state index is 12.3. The Morgan fingerprint density at radius 1 is 1.15 bits per heavy atom. The maximum absolute atomic E-state index is 12.3. The van der Waals surface area contributed by atoms with E-state index in [1.807, 2.05) is 6.92 Å². The third kappa shape index (κ3) is 6.72. The number of amides is 1. The Kier molecular flexibility index (Phi) is 8.10. The fourth-order valence-corrected chi connectivity index (χ4v) is 4.68. The zero-order valence-electron chi connectivity index (χ0n) is 16.0. The highest BCUT2D eigenvalue weighted by atomic mass is 32.2. The van der Waals surface area contributed by atoms with E-state index in [4.69, 9.17) is 0 Å². The lowest BCUT2D eigenvalue weighted by atomic mass is 9.94. The molecule has 0 heterocycles. The summed E-state index contributed by atoms with van der Waals surface area (Å²) in [7, 11) is -1.24. The highest BCUT2D eigenvalue weighted by Crippen LogP contribution is 2.21. The number of aryl methyl sites for hydroxylation is 1. The minimum absolute atomic E-state index is 0.00861. The number of benzene rings is 1. The van der Waals surface area contributed by atoms with Crippen LogP contribution in [0.4, 0.5) is 0 Å². The number of nitrogens with one attached hydrogen (secondary N) is 1. The zero-order valence-corrected chi connectivity index (χ0v) is 16.9. The molecule has 2 rings (SSSR count). The lowest BCUT2D eigenvalue weighted by Crippen LogP contribution is -2.36. The summed E-state index contributed by atoms with van der Waals surface area (Å²) in [6, 6.07) is 7.43. The first-order valence-corrected chi connectivity index (χ1v) is 11.3. The van der Waals surface area contributed by atoms with Crippen LogP contribution < -0.4 is 5.32 Å². The van der Waals surface area contributed by atoms with E-state index in [0.29, 0.717) is 12.6 Å². The van der Waals surface area contributed by atoms with Gasteiger partial charge in [0.1, 0.15) is 0 Å². The molecule has 0 aliphatic heterocycles. The summed E-state index contributed by atoms with van der Waals surface area (Å²) >= 11 is 0. The number of hydrogen-bond acceptors (Lipinski definition) is 4. The van der Waals surface area contributed by atoms with Crippen LogP contribution in [0.2, 0.25) is 0 Å². The van der Waals surface area contributed by atoms with Crippen molar-refractivity contribution in [3.05, 3.63) is 29.8 Å². The lowest BCUT2D eigenvalue weighted by molar-refractivity contribution is -0.120. The normalized spacial score (nSPS) is 16.0.